The summed E-state index contributed by atoms with van der Waals surface area (Å²) in [5, 5.41) is 0. The van der Waals surface area contributed by atoms with Gasteiger partial charge in [0.25, 0.3) is 0 Å². The average molecular weight is 448 g/mol. The van der Waals surface area contributed by atoms with Crippen molar-refractivity contribution in [3.8, 4) is 0 Å². The Morgan fingerprint density at radius 2 is 1.63 bits per heavy atom. The molecule has 1 atom stereocenters. The Morgan fingerprint density at radius 1 is 1.04 bits per heavy atom. The zero-order valence-corrected chi connectivity index (χ0v) is 20.9. The van der Waals surface area contributed by atoms with Crippen molar-refractivity contribution in [2.45, 2.75) is 80.1 Å². The van der Waals surface area contributed by atoms with Crippen molar-refractivity contribution >= 4 is 0 Å². The minimum Gasteiger partial charge on any atom is -1.00 e. The van der Waals surface area contributed by atoms with Crippen LogP contribution in [0.15, 0.2) is 45.1 Å². The Kier molecular flexibility index (Phi) is 9.68. The first kappa shape index (κ1) is 27.0. The summed E-state index contributed by atoms with van der Waals surface area (Å²) < 4.78 is 14.4. The van der Waals surface area contributed by atoms with Crippen LogP contribution >= 0.6 is 0 Å². The third-order valence-electron chi connectivity index (χ3n) is 4.56. The molecule has 27 heavy (non-hydrogen) atoms. The maximum atomic E-state index is 6.62. The molecule has 0 bridgehead atoms. The van der Waals surface area contributed by atoms with Crippen molar-refractivity contribution in [2.24, 2.45) is 10.8 Å². The zero-order valence-electron chi connectivity index (χ0n) is 17.9. The van der Waals surface area contributed by atoms with Crippen molar-refractivity contribution in [1.29, 1.82) is 0 Å². The van der Waals surface area contributed by atoms with Crippen LogP contribution in [-0.4, -0.2) is 11.9 Å². The van der Waals surface area contributed by atoms with Crippen LogP contribution < -0.4 is 24.8 Å². The van der Waals surface area contributed by atoms with E-state index in [1.54, 1.807) is 0 Å². The van der Waals surface area contributed by atoms with Crippen LogP contribution in [0.1, 0.15) is 68.2 Å². The number of hydrogen-bond donors (Lipinski definition) is 0. The van der Waals surface area contributed by atoms with Crippen molar-refractivity contribution < 1.29 is 54.7 Å². The van der Waals surface area contributed by atoms with E-state index in [4.69, 9.17) is 9.47 Å². The van der Waals surface area contributed by atoms with E-state index >= 15 is 0 Å². The number of rotatable bonds is 4. The van der Waals surface area contributed by atoms with Gasteiger partial charge in [0.2, 0.25) is 0 Å². The molecule has 2 rings (SSSR count). The topological polar surface area (TPSA) is 18.5 Å². The summed E-state index contributed by atoms with van der Waals surface area (Å²) in [5.41, 5.74) is 2.65. The van der Waals surface area contributed by atoms with Crippen LogP contribution in [0.25, 0.3) is 0 Å². The quantitative estimate of drug-likeness (QED) is 0.452. The van der Waals surface area contributed by atoms with Crippen molar-refractivity contribution in [3.63, 3.8) is 0 Å². The van der Waals surface area contributed by atoms with E-state index in [0.717, 1.165) is 18.6 Å². The molecule has 0 radical (unpaired) electrons. The molecular formula is C22H33Cl2O2Ti. The Labute approximate surface area is 190 Å². The van der Waals surface area contributed by atoms with E-state index in [1.165, 1.54) is 15.0 Å². The third kappa shape index (κ3) is 6.51. The second-order valence-electron chi connectivity index (χ2n) is 9.39. The summed E-state index contributed by atoms with van der Waals surface area (Å²) >= 11 is 2.14. The largest absolute Gasteiger partial charge is 1.00 e. The fourth-order valence-corrected chi connectivity index (χ4v) is 3.75. The molecule has 0 aromatic rings. The first-order chi connectivity index (χ1) is 11.3. The van der Waals surface area contributed by atoms with Gasteiger partial charge in [-0.1, -0.05) is 0 Å². The van der Waals surface area contributed by atoms with Gasteiger partial charge < -0.3 is 24.8 Å². The minimum absolute atomic E-state index is 0. The molecular weight excluding hydrogens is 415 g/mol. The molecule has 2 nitrogen and oxygen atoms in total. The maximum Gasteiger partial charge on any atom is -1.00 e. The van der Waals surface area contributed by atoms with Gasteiger partial charge in [-0.05, 0) is 0 Å². The maximum absolute atomic E-state index is 6.62. The van der Waals surface area contributed by atoms with Crippen molar-refractivity contribution in [2.75, 3.05) is 0 Å². The van der Waals surface area contributed by atoms with E-state index in [1.807, 2.05) is 0 Å². The molecule has 0 spiro atoms. The summed E-state index contributed by atoms with van der Waals surface area (Å²) in [6.45, 7) is 17.7. The van der Waals surface area contributed by atoms with Gasteiger partial charge in [0, 0.05) is 0 Å². The fourth-order valence-electron chi connectivity index (χ4n) is 3.36. The zero-order chi connectivity index (χ0) is 19.0. The Hall–Kier alpha value is 0.0143. The Bertz CT molecular complexity index is 646. The van der Waals surface area contributed by atoms with Gasteiger partial charge >= 0.3 is 166 Å². The normalized spacial score (nSPS) is 22.9. The number of hydrogen-bond acceptors (Lipinski definition) is 2. The molecule has 151 valence electrons. The third-order valence-corrected chi connectivity index (χ3v) is 5.27. The van der Waals surface area contributed by atoms with Crippen molar-refractivity contribution in [3.05, 3.63) is 45.1 Å². The SMILES string of the molecule is CC(C)OC1(OC2=[C]([Ti+2])CC=C2)CC=C(C(C)(C)C)C=C1C(C)(C)C.[Cl-].[Cl-]. The van der Waals surface area contributed by atoms with Crippen LogP contribution in [0.2, 0.25) is 0 Å². The predicted octanol–water partition coefficient (Wildman–Crippen LogP) is 0.199. The molecule has 0 heterocycles. The van der Waals surface area contributed by atoms with Crippen molar-refractivity contribution in [1.82, 2.24) is 0 Å². The summed E-state index contributed by atoms with van der Waals surface area (Å²) in [6, 6.07) is 0. The van der Waals surface area contributed by atoms with E-state index in [2.05, 4.69) is 100 Å². The molecule has 1 unspecified atom stereocenters. The van der Waals surface area contributed by atoms with Gasteiger partial charge in [0.05, 0.1) is 0 Å². The molecule has 5 heteroatoms. The van der Waals surface area contributed by atoms with Crippen LogP contribution in [0.5, 0.6) is 0 Å². The first-order valence-electron chi connectivity index (χ1n) is 9.26. The summed E-state index contributed by atoms with van der Waals surface area (Å²) in [7, 11) is 0. The molecule has 0 aliphatic heterocycles. The second-order valence-corrected chi connectivity index (χ2v) is 10.3. The standard InChI is InChI=1S/C22H33O2.2ClH.Ti/c1-16(2)23-22(24-18-11-9-10-12-18)14-13-17(20(3,4)5)15-19(22)21(6,7)8;;;/h9,11,13,15-16H,10,14H2,1-8H3;2*1H;/q;;;+2/p-2. The van der Waals surface area contributed by atoms with Crippen LogP contribution in [-0.2, 0) is 29.9 Å². The molecule has 0 aromatic carbocycles. The summed E-state index contributed by atoms with van der Waals surface area (Å²) in [5.74, 6) is 0.232. The average Bonchev–Trinajstić information content (AvgIpc) is 2.81. The Morgan fingerprint density at radius 3 is 2.04 bits per heavy atom. The number of halogens is 2. The van der Waals surface area contributed by atoms with Crippen LogP contribution in [0, 0.1) is 10.8 Å². The number of allylic oxidation sites excluding steroid dienone is 5. The smallest absolute Gasteiger partial charge is 1.00 e. The van der Waals surface area contributed by atoms with E-state index in [0.29, 0.717) is 0 Å². The van der Waals surface area contributed by atoms with Gasteiger partial charge in [0.1, 0.15) is 0 Å². The minimum atomic E-state index is -0.730. The summed E-state index contributed by atoms with van der Waals surface area (Å²) in [6.07, 6.45) is 10.7. The number of ether oxygens (including phenoxy) is 2. The van der Waals surface area contributed by atoms with Gasteiger partial charge in [-0.15, -0.1) is 0 Å². The van der Waals surface area contributed by atoms with Gasteiger partial charge in [-0.25, -0.2) is 0 Å². The van der Waals surface area contributed by atoms with E-state index in [-0.39, 0.29) is 41.7 Å². The summed E-state index contributed by atoms with van der Waals surface area (Å²) in [4.78, 5) is 0. The van der Waals surface area contributed by atoms with E-state index < -0.39 is 5.79 Å². The molecule has 0 aromatic heterocycles. The Balaban J connectivity index is 0.00000338. The monoisotopic (exact) mass is 447 g/mol. The van der Waals surface area contributed by atoms with Gasteiger partial charge in [-0.3, -0.25) is 0 Å². The van der Waals surface area contributed by atoms with Crippen LogP contribution in [0.4, 0.5) is 0 Å². The fraction of sp³-hybridized carbons (Fsp3) is 0.636. The molecule has 0 amide bonds. The van der Waals surface area contributed by atoms with Gasteiger partial charge in [0.15, 0.2) is 0 Å². The second kappa shape index (κ2) is 9.68. The predicted molar refractivity (Wildman–Crippen MR) is 101 cm³/mol. The molecule has 0 fully saturated rings. The molecule has 2 aliphatic rings. The molecule has 2 aliphatic carbocycles. The molecule has 0 saturated carbocycles. The van der Waals surface area contributed by atoms with E-state index in [9.17, 15) is 0 Å². The molecule has 0 N–H and O–H groups in total. The van der Waals surface area contributed by atoms with Gasteiger partial charge in [-0.2, -0.15) is 0 Å². The molecule has 0 saturated heterocycles. The van der Waals surface area contributed by atoms with Crippen LogP contribution in [0.3, 0.4) is 0 Å². The first-order valence-corrected chi connectivity index (χ1v) is 10.0.